The zero-order valence-electron chi connectivity index (χ0n) is 14.3. The number of rotatable bonds is 7. The first-order valence-electron chi connectivity index (χ1n) is 7.87. The van der Waals surface area contributed by atoms with Crippen LogP contribution < -0.4 is 14.8 Å². The fraction of sp³-hybridized carbons (Fsp3) is 0.158. The Kier molecular flexibility index (Phi) is 7.05. The van der Waals surface area contributed by atoms with Gasteiger partial charge in [-0.2, -0.15) is 5.10 Å². The van der Waals surface area contributed by atoms with E-state index in [2.05, 4.69) is 10.4 Å². The van der Waals surface area contributed by atoms with Gasteiger partial charge in [0.25, 0.3) is 5.91 Å². The van der Waals surface area contributed by atoms with Crippen LogP contribution in [0.25, 0.3) is 0 Å². The lowest BCUT2D eigenvalue weighted by molar-refractivity contribution is -0.118. The molecular weight excluding hydrogens is 354 g/mol. The molecule has 7 heteroatoms. The Balaban J connectivity index is 0.00000243. The molecule has 0 saturated heterocycles. The number of para-hydroxylation sites is 2. The van der Waals surface area contributed by atoms with Crippen LogP contribution in [-0.2, 0) is 11.3 Å². The van der Waals surface area contributed by atoms with Crippen molar-refractivity contribution in [2.75, 3.05) is 19.0 Å². The molecule has 3 rings (SSSR count). The first kappa shape index (κ1) is 19.3. The number of halogens is 1. The molecule has 0 aliphatic carbocycles. The number of nitrogens with zero attached hydrogens (tertiary/aromatic N) is 2. The van der Waals surface area contributed by atoms with E-state index >= 15 is 0 Å². The van der Waals surface area contributed by atoms with Gasteiger partial charge in [-0.1, -0.05) is 42.5 Å². The van der Waals surface area contributed by atoms with E-state index in [1.165, 1.54) is 0 Å². The topological polar surface area (TPSA) is 65.4 Å². The number of hydrogen-bond acceptors (Lipinski definition) is 4. The zero-order chi connectivity index (χ0) is 17.5. The van der Waals surface area contributed by atoms with Crippen LogP contribution in [0.3, 0.4) is 0 Å². The summed E-state index contributed by atoms with van der Waals surface area (Å²) in [6.45, 7) is 0.466. The van der Waals surface area contributed by atoms with Gasteiger partial charge in [0.2, 0.25) is 0 Å². The Morgan fingerprint density at radius 3 is 2.46 bits per heavy atom. The fourth-order valence-electron chi connectivity index (χ4n) is 2.38. The first-order chi connectivity index (χ1) is 12.3. The summed E-state index contributed by atoms with van der Waals surface area (Å²) in [6, 6.07) is 18.9. The first-order valence-corrected chi connectivity index (χ1v) is 7.87. The number of ether oxygens (including phenoxy) is 2. The Labute approximate surface area is 158 Å². The molecule has 6 nitrogen and oxygen atoms in total. The molecule has 3 aromatic rings. The van der Waals surface area contributed by atoms with E-state index in [1.807, 2.05) is 42.5 Å². The molecular formula is C19H20ClN3O3. The largest absolute Gasteiger partial charge is 0.493 e. The maximum absolute atomic E-state index is 12.2. The van der Waals surface area contributed by atoms with Crippen LogP contribution in [0.15, 0.2) is 66.9 Å². The van der Waals surface area contributed by atoms with Crippen molar-refractivity contribution in [1.29, 1.82) is 0 Å². The molecule has 0 atom stereocenters. The highest BCUT2D eigenvalue weighted by Crippen LogP contribution is 2.25. The summed E-state index contributed by atoms with van der Waals surface area (Å²) in [5.41, 5.74) is 1.10. The molecule has 0 radical (unpaired) electrons. The number of amides is 1. The molecule has 0 fully saturated rings. The normalized spacial score (nSPS) is 9.88. The maximum Gasteiger partial charge on any atom is 0.263 e. The van der Waals surface area contributed by atoms with Gasteiger partial charge < -0.3 is 14.8 Å². The van der Waals surface area contributed by atoms with Gasteiger partial charge in [0.05, 0.1) is 19.9 Å². The van der Waals surface area contributed by atoms with Crippen LogP contribution in [0.5, 0.6) is 11.5 Å². The molecule has 0 unspecified atom stereocenters. The van der Waals surface area contributed by atoms with Crippen molar-refractivity contribution in [2.45, 2.75) is 6.54 Å². The number of benzene rings is 2. The molecule has 136 valence electrons. The highest BCUT2D eigenvalue weighted by atomic mass is 35.5. The van der Waals surface area contributed by atoms with Crippen molar-refractivity contribution < 1.29 is 14.3 Å². The maximum atomic E-state index is 12.2. The van der Waals surface area contributed by atoms with Gasteiger partial charge in [0.15, 0.2) is 18.1 Å². The minimum atomic E-state index is -0.263. The van der Waals surface area contributed by atoms with Crippen molar-refractivity contribution in [3.8, 4) is 11.5 Å². The molecule has 0 bridgehead atoms. The molecule has 0 aliphatic heterocycles. The predicted octanol–water partition coefficient (Wildman–Crippen LogP) is 3.38. The molecule has 1 N–H and O–H groups in total. The minimum Gasteiger partial charge on any atom is -0.493 e. The zero-order valence-corrected chi connectivity index (χ0v) is 15.1. The second kappa shape index (κ2) is 9.48. The van der Waals surface area contributed by atoms with Gasteiger partial charge in [-0.05, 0) is 17.7 Å². The summed E-state index contributed by atoms with van der Waals surface area (Å²) in [6.07, 6.45) is 1.65. The molecule has 1 heterocycles. The molecule has 0 aliphatic rings. The van der Waals surface area contributed by atoms with E-state index in [0.717, 1.165) is 5.56 Å². The monoisotopic (exact) mass is 373 g/mol. The number of aromatic nitrogens is 2. The third kappa shape index (κ3) is 5.00. The summed E-state index contributed by atoms with van der Waals surface area (Å²) < 4.78 is 12.5. The number of anilines is 1. The summed E-state index contributed by atoms with van der Waals surface area (Å²) in [7, 11) is 1.56. The van der Waals surface area contributed by atoms with Crippen LogP contribution >= 0.6 is 12.4 Å². The van der Waals surface area contributed by atoms with Crippen molar-refractivity contribution in [1.82, 2.24) is 9.78 Å². The number of hydrogen-bond donors (Lipinski definition) is 1. The van der Waals surface area contributed by atoms with Gasteiger partial charge >= 0.3 is 0 Å². The second-order valence-corrected chi connectivity index (χ2v) is 5.35. The Morgan fingerprint density at radius 1 is 1.04 bits per heavy atom. The third-order valence-electron chi connectivity index (χ3n) is 3.59. The van der Waals surface area contributed by atoms with E-state index in [-0.39, 0.29) is 24.9 Å². The van der Waals surface area contributed by atoms with Gasteiger partial charge in [0, 0.05) is 6.07 Å². The highest BCUT2D eigenvalue weighted by molar-refractivity contribution is 5.91. The van der Waals surface area contributed by atoms with Gasteiger partial charge in [-0.25, -0.2) is 4.68 Å². The number of nitrogens with one attached hydrogen (secondary N) is 1. The summed E-state index contributed by atoms with van der Waals surface area (Å²) in [5.74, 6) is 1.47. The van der Waals surface area contributed by atoms with E-state index in [4.69, 9.17) is 9.47 Å². The van der Waals surface area contributed by atoms with Crippen LogP contribution in [0, 0.1) is 0 Å². The summed E-state index contributed by atoms with van der Waals surface area (Å²) in [4.78, 5) is 12.2. The molecule has 1 amide bonds. The molecule has 0 spiro atoms. The summed E-state index contributed by atoms with van der Waals surface area (Å²) in [5, 5.41) is 7.07. The number of carbonyl (C=O) groups is 1. The van der Waals surface area contributed by atoms with Crippen molar-refractivity contribution in [2.24, 2.45) is 0 Å². The molecule has 0 saturated carbocycles. The fourth-order valence-corrected chi connectivity index (χ4v) is 2.38. The lowest BCUT2D eigenvalue weighted by atomic mass is 10.2. The second-order valence-electron chi connectivity index (χ2n) is 5.35. The van der Waals surface area contributed by atoms with Crippen LogP contribution in [0.1, 0.15) is 5.56 Å². The average Bonchev–Trinajstić information content (AvgIpc) is 3.07. The van der Waals surface area contributed by atoms with Crippen LogP contribution in [0.2, 0.25) is 0 Å². The van der Waals surface area contributed by atoms with Gasteiger partial charge in [-0.3, -0.25) is 4.79 Å². The van der Waals surface area contributed by atoms with Crippen molar-refractivity contribution >= 4 is 24.1 Å². The lowest BCUT2D eigenvalue weighted by Crippen LogP contribution is -2.22. The number of carbonyl (C=O) groups excluding carboxylic acids is 1. The standard InChI is InChI=1S/C19H19N3O3.ClH/c1-24-16-9-5-6-10-17(16)25-14-19(23)21-18-11-12-20-22(18)13-15-7-3-2-4-8-15;/h2-12H,13-14H2,1H3,(H,21,23);1H. The predicted molar refractivity (Wildman–Crippen MR) is 102 cm³/mol. The summed E-state index contributed by atoms with van der Waals surface area (Å²) >= 11 is 0. The Bertz CT molecular complexity index is 837. The van der Waals surface area contributed by atoms with Crippen molar-refractivity contribution in [3.63, 3.8) is 0 Å². The smallest absolute Gasteiger partial charge is 0.263 e. The SMILES string of the molecule is COc1ccccc1OCC(=O)Nc1ccnn1Cc1ccccc1.Cl. The number of methoxy groups -OCH3 is 1. The van der Waals surface area contributed by atoms with E-state index in [1.54, 1.807) is 36.2 Å². The quantitative estimate of drug-likeness (QED) is 0.689. The average molecular weight is 374 g/mol. The lowest BCUT2D eigenvalue weighted by Gasteiger charge is -2.11. The molecule has 1 aromatic heterocycles. The van der Waals surface area contributed by atoms with E-state index in [9.17, 15) is 4.79 Å². The van der Waals surface area contributed by atoms with Gasteiger partial charge in [0.1, 0.15) is 5.82 Å². The van der Waals surface area contributed by atoms with Crippen LogP contribution in [-0.4, -0.2) is 29.4 Å². The van der Waals surface area contributed by atoms with Gasteiger partial charge in [-0.15, -0.1) is 12.4 Å². The highest BCUT2D eigenvalue weighted by Gasteiger charge is 2.10. The molecule has 2 aromatic carbocycles. The van der Waals surface area contributed by atoms with E-state index < -0.39 is 0 Å². The van der Waals surface area contributed by atoms with Crippen molar-refractivity contribution in [3.05, 3.63) is 72.4 Å². The minimum absolute atomic E-state index is 0. The Morgan fingerprint density at radius 2 is 1.73 bits per heavy atom. The Hall–Kier alpha value is -2.99. The molecule has 26 heavy (non-hydrogen) atoms. The van der Waals surface area contributed by atoms with E-state index in [0.29, 0.717) is 23.9 Å². The third-order valence-corrected chi connectivity index (χ3v) is 3.59. The van der Waals surface area contributed by atoms with Crippen LogP contribution in [0.4, 0.5) is 5.82 Å².